The summed E-state index contributed by atoms with van der Waals surface area (Å²) in [5.74, 6) is -5.91. The molecule has 1 aromatic heterocycles. The van der Waals surface area contributed by atoms with Gasteiger partial charge in [0.25, 0.3) is 0 Å². The second-order valence-electron chi connectivity index (χ2n) is 5.82. The maximum absolute atomic E-state index is 13.2. The Balaban J connectivity index is 2.55. The first kappa shape index (κ1) is 18.9. The lowest BCUT2D eigenvalue weighted by Gasteiger charge is -2.41. The number of hydrogen-bond donors (Lipinski definition) is 3. The van der Waals surface area contributed by atoms with Crippen LogP contribution in [0.1, 0.15) is 18.0 Å². The molecule has 1 aromatic rings. The zero-order valence-corrected chi connectivity index (χ0v) is 13.2. The maximum Gasteiger partial charge on any atom is 0.393 e. The first-order valence-corrected chi connectivity index (χ1v) is 7.29. The molecule has 25 heavy (non-hydrogen) atoms. The van der Waals surface area contributed by atoms with Gasteiger partial charge < -0.3 is 20.9 Å². The molecule has 8 nitrogen and oxygen atoms in total. The molecule has 1 amide bonds. The van der Waals surface area contributed by atoms with Gasteiger partial charge in [-0.25, -0.2) is 0 Å². The summed E-state index contributed by atoms with van der Waals surface area (Å²) in [5, 5.41) is 19.1. The average Bonchev–Trinajstić information content (AvgIpc) is 2.53. The van der Waals surface area contributed by atoms with E-state index >= 15 is 0 Å². The Bertz CT molecular complexity index is 652. The van der Waals surface area contributed by atoms with E-state index in [1.807, 2.05) is 0 Å². The maximum atomic E-state index is 13.2. The number of rotatable bonds is 5. The summed E-state index contributed by atoms with van der Waals surface area (Å²) >= 11 is 0. The summed E-state index contributed by atoms with van der Waals surface area (Å²) in [6.07, 6.45) is -5.57. The summed E-state index contributed by atoms with van der Waals surface area (Å²) in [6.45, 7) is -1.01. The Kier molecular flexibility index (Phi) is 5.16. The van der Waals surface area contributed by atoms with E-state index in [-0.39, 0.29) is 18.1 Å². The number of amides is 1. The van der Waals surface area contributed by atoms with Gasteiger partial charge in [-0.05, 0) is 18.6 Å². The lowest BCUT2D eigenvalue weighted by atomic mass is 9.65. The Hall–Kier alpha value is -2.43. The zero-order chi connectivity index (χ0) is 18.8. The number of halogens is 3. The molecule has 0 radical (unpaired) electrons. The quantitative estimate of drug-likeness (QED) is 0.653. The van der Waals surface area contributed by atoms with Crippen LogP contribution in [-0.4, -0.2) is 53.6 Å². The monoisotopic (exact) mass is 362 g/mol. The highest BCUT2D eigenvalue weighted by atomic mass is 19.4. The fraction of sp³-hybridized carbons (Fsp3) is 0.571. The SMILES string of the molecule is COCC(c1ccc(N)nn1)C1(C(=O)O)C[C@@H](C(F)(F)F)CNC1=O. The summed E-state index contributed by atoms with van der Waals surface area (Å²) in [5.41, 5.74) is 3.05. The molecule has 3 atom stereocenters. The molecular formula is C14H17F3N4O4. The van der Waals surface area contributed by atoms with Crippen molar-refractivity contribution in [3.63, 3.8) is 0 Å². The highest BCUT2D eigenvalue weighted by molar-refractivity contribution is 6.03. The molecule has 1 aliphatic rings. The normalized spacial score (nSPS) is 25.3. The first-order chi connectivity index (χ1) is 11.6. The predicted octanol–water partition coefficient (Wildman–Crippen LogP) is 0.558. The van der Waals surface area contributed by atoms with Gasteiger partial charge in [-0.2, -0.15) is 18.3 Å². The van der Waals surface area contributed by atoms with Crippen LogP contribution in [0.15, 0.2) is 12.1 Å². The van der Waals surface area contributed by atoms with Gasteiger partial charge in [0, 0.05) is 13.7 Å². The summed E-state index contributed by atoms with van der Waals surface area (Å²) in [4.78, 5) is 24.4. The molecule has 0 bridgehead atoms. The average molecular weight is 362 g/mol. The van der Waals surface area contributed by atoms with Crippen LogP contribution in [-0.2, 0) is 14.3 Å². The number of nitrogens with one attached hydrogen (secondary N) is 1. The van der Waals surface area contributed by atoms with Crippen LogP contribution in [0.3, 0.4) is 0 Å². The van der Waals surface area contributed by atoms with Crippen molar-refractivity contribution in [2.24, 2.45) is 11.3 Å². The van der Waals surface area contributed by atoms with Gasteiger partial charge in [-0.3, -0.25) is 9.59 Å². The number of nitrogen functional groups attached to an aromatic ring is 1. The molecule has 1 saturated heterocycles. The van der Waals surface area contributed by atoms with Gasteiger partial charge in [-0.1, -0.05) is 0 Å². The van der Waals surface area contributed by atoms with Crippen LogP contribution in [0.2, 0.25) is 0 Å². The van der Waals surface area contributed by atoms with Crippen molar-refractivity contribution < 1.29 is 32.6 Å². The van der Waals surface area contributed by atoms with Crippen molar-refractivity contribution in [1.29, 1.82) is 0 Å². The molecule has 2 unspecified atom stereocenters. The molecular weight excluding hydrogens is 345 g/mol. The van der Waals surface area contributed by atoms with E-state index in [4.69, 9.17) is 10.5 Å². The number of carbonyl (C=O) groups is 2. The van der Waals surface area contributed by atoms with E-state index in [2.05, 4.69) is 15.5 Å². The van der Waals surface area contributed by atoms with E-state index in [1.54, 1.807) is 0 Å². The lowest BCUT2D eigenvalue weighted by Crippen LogP contribution is -2.59. The van der Waals surface area contributed by atoms with E-state index in [0.717, 1.165) is 0 Å². The fourth-order valence-electron chi connectivity index (χ4n) is 2.98. The van der Waals surface area contributed by atoms with Crippen molar-refractivity contribution in [3.05, 3.63) is 17.8 Å². The number of anilines is 1. The van der Waals surface area contributed by atoms with Crippen molar-refractivity contribution in [2.45, 2.75) is 18.5 Å². The van der Waals surface area contributed by atoms with E-state index in [9.17, 15) is 27.9 Å². The number of nitrogens with two attached hydrogens (primary N) is 1. The van der Waals surface area contributed by atoms with E-state index in [1.165, 1.54) is 19.2 Å². The number of aromatic nitrogens is 2. The molecule has 2 heterocycles. The van der Waals surface area contributed by atoms with Gasteiger partial charge in [0.05, 0.1) is 24.1 Å². The third kappa shape index (κ3) is 3.50. The standard InChI is InChI=1S/C14H17F3N4O4/c1-25-6-8(9-2-3-10(18)21-20-9)13(12(23)24)4-7(14(15,16)17)5-19-11(13)22/h2-3,7-8H,4-6H2,1H3,(H2,18,21)(H,19,22)(H,23,24)/t7-,8?,13?/m1/s1. The second kappa shape index (κ2) is 6.82. The highest BCUT2D eigenvalue weighted by Gasteiger charge is 2.60. The number of nitrogens with zero attached hydrogens (tertiary/aromatic N) is 2. The molecule has 0 spiro atoms. The number of carboxylic acid groups (broad SMARTS) is 1. The summed E-state index contributed by atoms with van der Waals surface area (Å²) in [7, 11) is 1.25. The van der Waals surface area contributed by atoms with Crippen LogP contribution < -0.4 is 11.1 Å². The molecule has 2 rings (SSSR count). The molecule has 138 valence electrons. The predicted molar refractivity (Wildman–Crippen MR) is 78.3 cm³/mol. The van der Waals surface area contributed by atoms with Crippen molar-refractivity contribution >= 4 is 17.7 Å². The minimum atomic E-state index is -4.65. The number of aliphatic carboxylic acids is 1. The van der Waals surface area contributed by atoms with Gasteiger partial charge in [0.15, 0.2) is 5.41 Å². The van der Waals surface area contributed by atoms with E-state index in [0.29, 0.717) is 0 Å². The summed E-state index contributed by atoms with van der Waals surface area (Å²) in [6, 6.07) is 2.64. The second-order valence-corrected chi connectivity index (χ2v) is 5.82. The molecule has 11 heteroatoms. The number of carbonyl (C=O) groups excluding carboxylic acids is 1. The fourth-order valence-corrected chi connectivity index (χ4v) is 2.98. The van der Waals surface area contributed by atoms with Crippen molar-refractivity contribution in [2.75, 3.05) is 26.0 Å². The van der Waals surface area contributed by atoms with Gasteiger partial charge >= 0.3 is 12.1 Å². The van der Waals surface area contributed by atoms with E-state index < -0.39 is 48.3 Å². The Labute approximate surface area is 140 Å². The van der Waals surface area contributed by atoms with Crippen LogP contribution in [0, 0.1) is 11.3 Å². The minimum Gasteiger partial charge on any atom is -0.480 e. The number of carboxylic acids is 1. The van der Waals surface area contributed by atoms with Crippen LogP contribution in [0.4, 0.5) is 19.0 Å². The number of methoxy groups -OCH3 is 1. The lowest BCUT2D eigenvalue weighted by molar-refractivity contribution is -0.197. The largest absolute Gasteiger partial charge is 0.480 e. The van der Waals surface area contributed by atoms with Crippen LogP contribution >= 0.6 is 0 Å². The van der Waals surface area contributed by atoms with Crippen LogP contribution in [0.25, 0.3) is 0 Å². The molecule has 0 aromatic carbocycles. The molecule has 4 N–H and O–H groups in total. The third-order valence-electron chi connectivity index (χ3n) is 4.32. The van der Waals surface area contributed by atoms with Gasteiger partial charge in [0.1, 0.15) is 5.82 Å². The van der Waals surface area contributed by atoms with Gasteiger partial charge in [0.2, 0.25) is 5.91 Å². The van der Waals surface area contributed by atoms with Crippen molar-refractivity contribution in [1.82, 2.24) is 15.5 Å². The third-order valence-corrected chi connectivity index (χ3v) is 4.32. The highest BCUT2D eigenvalue weighted by Crippen LogP contribution is 2.47. The molecule has 1 aliphatic heterocycles. The minimum absolute atomic E-state index is 0.0106. The number of hydrogen-bond acceptors (Lipinski definition) is 6. The Morgan fingerprint density at radius 1 is 1.52 bits per heavy atom. The number of alkyl halides is 3. The number of piperidine rings is 1. The number of ether oxygens (including phenoxy) is 1. The zero-order valence-electron chi connectivity index (χ0n) is 13.2. The Morgan fingerprint density at radius 3 is 2.68 bits per heavy atom. The molecule has 1 fully saturated rings. The smallest absolute Gasteiger partial charge is 0.393 e. The van der Waals surface area contributed by atoms with Crippen molar-refractivity contribution in [3.8, 4) is 0 Å². The molecule has 0 aliphatic carbocycles. The topological polar surface area (TPSA) is 127 Å². The summed E-state index contributed by atoms with van der Waals surface area (Å²) < 4.78 is 44.4. The van der Waals surface area contributed by atoms with Gasteiger partial charge in [-0.15, -0.1) is 5.10 Å². The Morgan fingerprint density at radius 2 is 2.20 bits per heavy atom. The van der Waals surface area contributed by atoms with Crippen LogP contribution in [0.5, 0.6) is 0 Å². The molecule has 0 saturated carbocycles. The first-order valence-electron chi connectivity index (χ1n) is 7.29.